The summed E-state index contributed by atoms with van der Waals surface area (Å²) in [6, 6.07) is 13.1. The SMILES string of the molecule is O=C(NCCCc1ccccc1)C(=O)NCC[C@@H]1CCCCN1S(=O)(=O)c1cccs1. The fourth-order valence-corrected chi connectivity index (χ4v) is 6.60. The molecular weight excluding hydrogens is 434 g/mol. The van der Waals surface area contributed by atoms with Crippen molar-refractivity contribution in [2.24, 2.45) is 0 Å². The van der Waals surface area contributed by atoms with Crippen LogP contribution in [0.2, 0.25) is 0 Å². The maximum absolute atomic E-state index is 12.9. The Hall–Kier alpha value is -2.23. The minimum absolute atomic E-state index is 0.171. The largest absolute Gasteiger partial charge is 0.348 e. The fraction of sp³-hybridized carbons (Fsp3) is 0.455. The number of thiophene rings is 1. The Kier molecular flexibility index (Phi) is 8.62. The van der Waals surface area contributed by atoms with Gasteiger partial charge in [0.15, 0.2) is 0 Å². The van der Waals surface area contributed by atoms with Gasteiger partial charge in [-0.25, -0.2) is 8.42 Å². The zero-order valence-corrected chi connectivity index (χ0v) is 19.1. The maximum Gasteiger partial charge on any atom is 0.309 e. The van der Waals surface area contributed by atoms with Crippen molar-refractivity contribution in [2.45, 2.75) is 48.8 Å². The Bertz CT molecular complexity index is 946. The third kappa shape index (κ3) is 6.62. The predicted molar refractivity (Wildman–Crippen MR) is 121 cm³/mol. The van der Waals surface area contributed by atoms with Crippen LogP contribution in [0.25, 0.3) is 0 Å². The van der Waals surface area contributed by atoms with Crippen molar-refractivity contribution >= 4 is 33.2 Å². The number of piperidine rings is 1. The lowest BCUT2D eigenvalue weighted by Gasteiger charge is -2.34. The van der Waals surface area contributed by atoms with Gasteiger partial charge in [0.05, 0.1) is 0 Å². The Labute approximate surface area is 187 Å². The number of carbonyl (C=O) groups excluding carboxylic acids is 2. The molecule has 3 rings (SSSR count). The van der Waals surface area contributed by atoms with Crippen molar-refractivity contribution in [3.05, 3.63) is 53.4 Å². The molecule has 2 aromatic rings. The van der Waals surface area contributed by atoms with E-state index in [-0.39, 0.29) is 12.6 Å². The van der Waals surface area contributed by atoms with Gasteiger partial charge >= 0.3 is 11.8 Å². The molecule has 1 aromatic heterocycles. The van der Waals surface area contributed by atoms with Gasteiger partial charge in [-0.1, -0.05) is 42.8 Å². The Morgan fingerprint density at radius 2 is 1.74 bits per heavy atom. The van der Waals surface area contributed by atoms with Crippen molar-refractivity contribution in [3.8, 4) is 0 Å². The molecule has 168 valence electrons. The lowest BCUT2D eigenvalue weighted by Crippen LogP contribution is -2.46. The van der Waals surface area contributed by atoms with Gasteiger partial charge in [0.1, 0.15) is 4.21 Å². The van der Waals surface area contributed by atoms with Gasteiger partial charge in [-0.15, -0.1) is 11.3 Å². The third-order valence-corrected chi connectivity index (χ3v) is 8.70. The second-order valence-corrected chi connectivity index (χ2v) is 10.7. The summed E-state index contributed by atoms with van der Waals surface area (Å²) in [4.78, 5) is 24.0. The van der Waals surface area contributed by atoms with Crippen LogP contribution in [0, 0.1) is 0 Å². The topological polar surface area (TPSA) is 95.6 Å². The van der Waals surface area contributed by atoms with E-state index in [1.807, 2.05) is 30.3 Å². The highest BCUT2D eigenvalue weighted by Gasteiger charge is 2.33. The maximum atomic E-state index is 12.9. The molecule has 0 spiro atoms. The standard InChI is InChI=1S/C22H29N3O4S2/c26-21(23-14-6-10-18-8-2-1-3-9-18)22(27)24-15-13-19-11-4-5-16-25(19)31(28,29)20-12-7-17-30-20/h1-3,7-9,12,17,19H,4-6,10-11,13-16H2,(H,23,26)(H,24,27)/t19-/m0/s1. The van der Waals surface area contributed by atoms with E-state index in [0.717, 1.165) is 32.1 Å². The Morgan fingerprint density at radius 1 is 1.00 bits per heavy atom. The van der Waals surface area contributed by atoms with Crippen LogP contribution in [0.1, 0.15) is 37.7 Å². The van der Waals surface area contributed by atoms with Crippen LogP contribution in [0.4, 0.5) is 0 Å². The van der Waals surface area contributed by atoms with Crippen LogP contribution in [-0.4, -0.2) is 50.2 Å². The molecule has 1 fully saturated rings. The summed E-state index contributed by atoms with van der Waals surface area (Å²) < 4.78 is 27.7. The number of hydrogen-bond donors (Lipinski definition) is 2. The van der Waals surface area contributed by atoms with Gasteiger partial charge in [-0.05, 0) is 49.1 Å². The summed E-state index contributed by atoms with van der Waals surface area (Å²) in [5.74, 6) is -1.33. The van der Waals surface area contributed by atoms with E-state index in [1.54, 1.807) is 21.8 Å². The number of hydrogen-bond acceptors (Lipinski definition) is 5. The summed E-state index contributed by atoms with van der Waals surface area (Å²) in [6.07, 6.45) is 4.61. The van der Waals surface area contributed by atoms with Gasteiger partial charge in [0.25, 0.3) is 10.0 Å². The van der Waals surface area contributed by atoms with Crippen molar-refractivity contribution in [3.63, 3.8) is 0 Å². The molecule has 1 atom stereocenters. The smallest absolute Gasteiger partial charge is 0.309 e. The second-order valence-electron chi connectivity index (χ2n) is 7.59. The molecular formula is C22H29N3O4S2. The predicted octanol–water partition coefficient (Wildman–Crippen LogP) is 2.55. The van der Waals surface area contributed by atoms with E-state index in [0.29, 0.717) is 23.7 Å². The van der Waals surface area contributed by atoms with E-state index in [9.17, 15) is 18.0 Å². The molecule has 1 saturated heterocycles. The average Bonchev–Trinajstić information content (AvgIpc) is 3.33. The number of rotatable bonds is 9. The zero-order valence-electron chi connectivity index (χ0n) is 17.5. The molecule has 1 aromatic carbocycles. The van der Waals surface area contributed by atoms with Crippen molar-refractivity contribution < 1.29 is 18.0 Å². The molecule has 2 N–H and O–H groups in total. The molecule has 7 nitrogen and oxygen atoms in total. The van der Waals surface area contributed by atoms with Crippen molar-refractivity contribution in [1.29, 1.82) is 0 Å². The Balaban J connectivity index is 1.40. The first-order chi connectivity index (χ1) is 15.0. The van der Waals surface area contributed by atoms with E-state index in [2.05, 4.69) is 10.6 Å². The van der Waals surface area contributed by atoms with Gasteiger partial charge < -0.3 is 10.6 Å². The van der Waals surface area contributed by atoms with Gasteiger partial charge in [0, 0.05) is 25.7 Å². The van der Waals surface area contributed by atoms with Crippen LogP contribution in [0.5, 0.6) is 0 Å². The molecule has 1 aliphatic heterocycles. The number of benzene rings is 1. The molecule has 0 unspecified atom stereocenters. The number of aryl methyl sites for hydroxylation is 1. The highest BCUT2D eigenvalue weighted by molar-refractivity contribution is 7.91. The lowest BCUT2D eigenvalue weighted by atomic mass is 10.0. The number of nitrogens with zero attached hydrogens (tertiary/aromatic N) is 1. The monoisotopic (exact) mass is 463 g/mol. The van der Waals surface area contributed by atoms with Crippen LogP contribution >= 0.6 is 11.3 Å². The number of amides is 2. The number of sulfonamides is 1. The highest BCUT2D eigenvalue weighted by atomic mass is 32.2. The van der Waals surface area contributed by atoms with E-state index < -0.39 is 21.8 Å². The summed E-state index contributed by atoms with van der Waals surface area (Å²) in [6.45, 7) is 1.18. The van der Waals surface area contributed by atoms with Crippen LogP contribution in [-0.2, 0) is 26.0 Å². The molecule has 1 aliphatic rings. The van der Waals surface area contributed by atoms with E-state index in [4.69, 9.17) is 0 Å². The number of nitrogens with one attached hydrogen (secondary N) is 2. The summed E-state index contributed by atoms with van der Waals surface area (Å²) in [7, 11) is -3.51. The van der Waals surface area contributed by atoms with Gasteiger partial charge in [-0.2, -0.15) is 4.31 Å². The highest BCUT2D eigenvalue weighted by Crippen LogP contribution is 2.28. The molecule has 2 amide bonds. The van der Waals surface area contributed by atoms with E-state index in [1.165, 1.54) is 16.9 Å². The Morgan fingerprint density at radius 3 is 2.45 bits per heavy atom. The minimum Gasteiger partial charge on any atom is -0.348 e. The lowest BCUT2D eigenvalue weighted by molar-refractivity contribution is -0.139. The molecule has 0 aliphatic carbocycles. The third-order valence-electron chi connectivity index (χ3n) is 5.37. The quantitative estimate of drug-likeness (QED) is 0.441. The molecule has 0 radical (unpaired) electrons. The summed E-state index contributed by atoms with van der Waals surface area (Å²) in [5, 5.41) is 7.02. The first-order valence-corrected chi connectivity index (χ1v) is 13.0. The second kappa shape index (κ2) is 11.4. The molecule has 0 saturated carbocycles. The molecule has 9 heteroatoms. The van der Waals surface area contributed by atoms with E-state index >= 15 is 0 Å². The zero-order chi connectivity index (χ0) is 22.1. The van der Waals surface area contributed by atoms with Gasteiger partial charge in [-0.3, -0.25) is 9.59 Å². The summed E-state index contributed by atoms with van der Waals surface area (Å²) in [5.41, 5.74) is 1.19. The first-order valence-electron chi connectivity index (χ1n) is 10.6. The first kappa shape index (κ1) is 23.4. The fourth-order valence-electron chi connectivity index (χ4n) is 3.76. The summed E-state index contributed by atoms with van der Waals surface area (Å²) >= 11 is 1.21. The molecule has 0 bridgehead atoms. The van der Waals surface area contributed by atoms with Gasteiger partial charge in [0.2, 0.25) is 0 Å². The average molecular weight is 464 g/mol. The van der Waals surface area contributed by atoms with Crippen molar-refractivity contribution in [1.82, 2.24) is 14.9 Å². The van der Waals surface area contributed by atoms with Crippen LogP contribution in [0.15, 0.2) is 52.1 Å². The molecule has 31 heavy (non-hydrogen) atoms. The molecule has 2 heterocycles. The van der Waals surface area contributed by atoms with Crippen LogP contribution < -0.4 is 10.6 Å². The van der Waals surface area contributed by atoms with Crippen LogP contribution in [0.3, 0.4) is 0 Å². The normalized spacial score (nSPS) is 17.2. The minimum atomic E-state index is -3.51. The van der Waals surface area contributed by atoms with Crippen molar-refractivity contribution in [2.75, 3.05) is 19.6 Å². The number of carbonyl (C=O) groups is 2.